The van der Waals surface area contributed by atoms with Crippen molar-refractivity contribution in [2.24, 2.45) is 7.05 Å². The quantitative estimate of drug-likeness (QED) is 0.836. The van der Waals surface area contributed by atoms with E-state index in [4.69, 9.17) is 0 Å². The number of hydrogen-bond acceptors (Lipinski definition) is 3. The van der Waals surface area contributed by atoms with Gasteiger partial charge in [0, 0.05) is 19.6 Å². The maximum atomic E-state index is 4.56. The van der Waals surface area contributed by atoms with Gasteiger partial charge in [0.1, 0.15) is 5.82 Å². The molecule has 4 nitrogen and oxygen atoms in total. The Kier molecular flexibility index (Phi) is 3.45. The van der Waals surface area contributed by atoms with Gasteiger partial charge < -0.3 is 15.2 Å². The third-order valence-corrected chi connectivity index (χ3v) is 3.29. The van der Waals surface area contributed by atoms with Gasteiger partial charge in [-0.1, -0.05) is 6.07 Å². The van der Waals surface area contributed by atoms with Crippen LogP contribution in [0.25, 0.3) is 11.0 Å². The lowest BCUT2D eigenvalue weighted by Crippen LogP contribution is -2.27. The van der Waals surface area contributed by atoms with Crippen molar-refractivity contribution in [1.29, 1.82) is 0 Å². The SMILES string of the molecule is CNCC(NC)c1ccc2c(c1)nc(C)n2C. The fourth-order valence-electron chi connectivity index (χ4n) is 2.14. The van der Waals surface area contributed by atoms with Crippen LogP contribution in [0, 0.1) is 6.92 Å². The second kappa shape index (κ2) is 4.85. The summed E-state index contributed by atoms with van der Waals surface area (Å²) < 4.78 is 2.12. The molecular formula is C13H20N4. The van der Waals surface area contributed by atoms with E-state index in [9.17, 15) is 0 Å². The molecule has 2 N–H and O–H groups in total. The molecule has 0 aliphatic rings. The number of aromatic nitrogens is 2. The molecule has 0 aliphatic heterocycles. The standard InChI is InChI=1S/C13H20N4/c1-9-16-11-7-10(12(15-3)8-14-2)5-6-13(11)17(9)4/h5-7,12,14-15H,8H2,1-4H3. The first-order valence-corrected chi connectivity index (χ1v) is 5.92. The molecule has 0 amide bonds. The number of aryl methyl sites for hydroxylation is 2. The topological polar surface area (TPSA) is 41.9 Å². The largest absolute Gasteiger partial charge is 0.331 e. The Morgan fingerprint density at radius 2 is 2.12 bits per heavy atom. The number of hydrogen-bond donors (Lipinski definition) is 2. The van der Waals surface area contributed by atoms with E-state index in [1.54, 1.807) is 0 Å². The van der Waals surface area contributed by atoms with Crippen LogP contribution in [0.15, 0.2) is 18.2 Å². The highest BCUT2D eigenvalue weighted by atomic mass is 15.0. The molecule has 92 valence electrons. The van der Waals surface area contributed by atoms with E-state index in [2.05, 4.69) is 38.4 Å². The number of nitrogens with one attached hydrogen (secondary N) is 2. The number of nitrogens with zero attached hydrogens (tertiary/aromatic N) is 2. The molecule has 2 rings (SSSR count). The van der Waals surface area contributed by atoms with Gasteiger partial charge in [-0.2, -0.15) is 0 Å². The van der Waals surface area contributed by atoms with Crippen molar-refractivity contribution < 1.29 is 0 Å². The summed E-state index contributed by atoms with van der Waals surface area (Å²) in [5.41, 5.74) is 3.52. The number of benzene rings is 1. The number of fused-ring (bicyclic) bond motifs is 1. The van der Waals surface area contributed by atoms with Crippen LogP contribution in [0.5, 0.6) is 0 Å². The third kappa shape index (κ3) is 2.18. The Labute approximate surface area is 102 Å². The van der Waals surface area contributed by atoms with E-state index in [1.807, 2.05) is 28.1 Å². The summed E-state index contributed by atoms with van der Waals surface area (Å²) >= 11 is 0. The van der Waals surface area contributed by atoms with Gasteiger partial charge >= 0.3 is 0 Å². The van der Waals surface area contributed by atoms with E-state index >= 15 is 0 Å². The molecule has 1 atom stereocenters. The van der Waals surface area contributed by atoms with Crippen molar-refractivity contribution in [2.45, 2.75) is 13.0 Å². The second-order valence-corrected chi connectivity index (χ2v) is 4.37. The van der Waals surface area contributed by atoms with Gasteiger partial charge in [-0.25, -0.2) is 4.98 Å². The molecule has 1 aromatic heterocycles. The summed E-state index contributed by atoms with van der Waals surface area (Å²) in [6.07, 6.45) is 0. The first kappa shape index (κ1) is 12.1. The molecule has 0 bridgehead atoms. The Morgan fingerprint density at radius 3 is 2.76 bits per heavy atom. The normalized spacial score (nSPS) is 13.2. The van der Waals surface area contributed by atoms with Gasteiger partial charge in [0.25, 0.3) is 0 Å². The predicted octanol–water partition coefficient (Wildman–Crippen LogP) is 1.36. The summed E-state index contributed by atoms with van der Waals surface area (Å²) in [6, 6.07) is 6.81. The van der Waals surface area contributed by atoms with Gasteiger partial charge in [0.05, 0.1) is 11.0 Å². The van der Waals surface area contributed by atoms with E-state index in [-0.39, 0.29) is 0 Å². The minimum Gasteiger partial charge on any atom is -0.331 e. The van der Waals surface area contributed by atoms with Crippen LogP contribution in [0.2, 0.25) is 0 Å². The minimum absolute atomic E-state index is 0.326. The van der Waals surface area contributed by atoms with Crippen molar-refractivity contribution in [3.63, 3.8) is 0 Å². The molecule has 0 spiro atoms. The van der Waals surface area contributed by atoms with Crippen LogP contribution in [0.1, 0.15) is 17.4 Å². The zero-order valence-corrected chi connectivity index (χ0v) is 10.9. The van der Waals surface area contributed by atoms with Crippen molar-refractivity contribution in [2.75, 3.05) is 20.6 Å². The lowest BCUT2D eigenvalue weighted by molar-refractivity contribution is 0.559. The molecule has 1 heterocycles. The molecule has 0 saturated heterocycles. The van der Waals surface area contributed by atoms with Gasteiger partial charge in [0.2, 0.25) is 0 Å². The highest BCUT2D eigenvalue weighted by molar-refractivity contribution is 5.76. The Hall–Kier alpha value is -1.39. The van der Waals surface area contributed by atoms with Gasteiger partial charge in [-0.05, 0) is 38.7 Å². The maximum absolute atomic E-state index is 4.56. The lowest BCUT2D eigenvalue weighted by Gasteiger charge is -2.16. The first-order valence-electron chi connectivity index (χ1n) is 5.92. The van der Waals surface area contributed by atoms with Crippen molar-refractivity contribution >= 4 is 11.0 Å². The average Bonchev–Trinajstić information content (AvgIpc) is 2.61. The average molecular weight is 232 g/mol. The van der Waals surface area contributed by atoms with Gasteiger partial charge in [-0.15, -0.1) is 0 Å². The summed E-state index contributed by atoms with van der Waals surface area (Å²) in [7, 11) is 6.00. The predicted molar refractivity (Wildman–Crippen MR) is 71.2 cm³/mol. The number of imidazole rings is 1. The van der Waals surface area contributed by atoms with E-state index < -0.39 is 0 Å². The van der Waals surface area contributed by atoms with Crippen LogP contribution >= 0.6 is 0 Å². The van der Waals surface area contributed by atoms with Crippen LogP contribution < -0.4 is 10.6 Å². The molecule has 0 fully saturated rings. The van der Waals surface area contributed by atoms with E-state index in [1.165, 1.54) is 11.1 Å². The smallest absolute Gasteiger partial charge is 0.106 e. The van der Waals surface area contributed by atoms with Gasteiger partial charge in [-0.3, -0.25) is 0 Å². The zero-order chi connectivity index (χ0) is 12.4. The fourth-order valence-corrected chi connectivity index (χ4v) is 2.14. The maximum Gasteiger partial charge on any atom is 0.106 e. The Bertz CT molecular complexity index is 515. The Morgan fingerprint density at radius 1 is 1.35 bits per heavy atom. The number of likely N-dealkylation sites (N-methyl/N-ethyl adjacent to an activating group) is 2. The molecule has 1 unspecified atom stereocenters. The minimum atomic E-state index is 0.326. The summed E-state index contributed by atoms with van der Waals surface area (Å²) in [5, 5.41) is 6.50. The van der Waals surface area contributed by atoms with Crippen LogP contribution in [-0.2, 0) is 7.05 Å². The molecule has 0 radical (unpaired) electrons. The molecule has 0 saturated carbocycles. The first-order chi connectivity index (χ1) is 8.17. The summed E-state index contributed by atoms with van der Waals surface area (Å²) in [4.78, 5) is 4.56. The van der Waals surface area contributed by atoms with Crippen LogP contribution in [-0.4, -0.2) is 30.2 Å². The number of rotatable bonds is 4. The van der Waals surface area contributed by atoms with Crippen LogP contribution in [0.3, 0.4) is 0 Å². The molecular weight excluding hydrogens is 212 g/mol. The van der Waals surface area contributed by atoms with E-state index in [0.29, 0.717) is 6.04 Å². The van der Waals surface area contributed by atoms with Crippen LogP contribution in [0.4, 0.5) is 0 Å². The van der Waals surface area contributed by atoms with Crippen molar-refractivity contribution in [1.82, 2.24) is 20.2 Å². The molecule has 2 aromatic rings. The summed E-state index contributed by atoms with van der Waals surface area (Å²) in [6.45, 7) is 2.94. The third-order valence-electron chi connectivity index (χ3n) is 3.29. The second-order valence-electron chi connectivity index (χ2n) is 4.37. The van der Waals surface area contributed by atoms with Gasteiger partial charge in [0.15, 0.2) is 0 Å². The Balaban J connectivity index is 2.43. The molecule has 17 heavy (non-hydrogen) atoms. The molecule has 0 aliphatic carbocycles. The monoisotopic (exact) mass is 232 g/mol. The molecule has 4 heteroatoms. The lowest BCUT2D eigenvalue weighted by atomic mass is 10.1. The van der Waals surface area contributed by atoms with Crippen molar-refractivity contribution in [3.05, 3.63) is 29.6 Å². The van der Waals surface area contributed by atoms with E-state index in [0.717, 1.165) is 17.9 Å². The highest BCUT2D eigenvalue weighted by Crippen LogP contribution is 2.20. The fraction of sp³-hybridized carbons (Fsp3) is 0.462. The molecule has 1 aromatic carbocycles. The zero-order valence-electron chi connectivity index (χ0n) is 10.9. The summed E-state index contributed by atoms with van der Waals surface area (Å²) in [5.74, 6) is 1.05. The van der Waals surface area contributed by atoms with Crippen molar-refractivity contribution in [3.8, 4) is 0 Å². The highest BCUT2D eigenvalue weighted by Gasteiger charge is 2.10.